The van der Waals surface area contributed by atoms with E-state index < -0.39 is 0 Å². The lowest BCUT2D eigenvalue weighted by Gasteiger charge is -2.13. The Kier molecular flexibility index (Phi) is 5.33. The van der Waals surface area contributed by atoms with Gasteiger partial charge in [-0.25, -0.2) is 0 Å². The Morgan fingerprint density at radius 3 is 2.45 bits per heavy atom. The number of amides is 1. The standard InChI is InChI=1S/C17H17Cl2NO2/c1-10-4-5-13(18)15(8-10)22-9-16(21)20-17-12(3)6-11(2)7-14(17)19/h4-8H,9H2,1-3H3,(H,20,21). The van der Waals surface area contributed by atoms with Gasteiger partial charge in [-0.3, -0.25) is 4.79 Å². The molecule has 0 unspecified atom stereocenters. The number of carbonyl (C=O) groups is 1. The summed E-state index contributed by atoms with van der Waals surface area (Å²) in [5, 5.41) is 3.76. The number of benzene rings is 2. The average Bonchev–Trinajstić information content (AvgIpc) is 2.44. The largest absolute Gasteiger partial charge is 0.482 e. The highest BCUT2D eigenvalue weighted by atomic mass is 35.5. The van der Waals surface area contributed by atoms with Gasteiger partial charge in [-0.05, 0) is 55.7 Å². The van der Waals surface area contributed by atoms with Gasteiger partial charge in [0.05, 0.1) is 15.7 Å². The Morgan fingerprint density at radius 1 is 1.05 bits per heavy atom. The van der Waals surface area contributed by atoms with Gasteiger partial charge < -0.3 is 10.1 Å². The van der Waals surface area contributed by atoms with Crippen LogP contribution >= 0.6 is 23.2 Å². The van der Waals surface area contributed by atoms with Crippen LogP contribution in [0.15, 0.2) is 30.3 Å². The Bertz CT molecular complexity index is 691. The Labute approximate surface area is 140 Å². The molecule has 2 rings (SSSR count). The van der Waals surface area contributed by atoms with E-state index in [2.05, 4.69) is 5.32 Å². The van der Waals surface area contributed by atoms with Gasteiger partial charge in [0.15, 0.2) is 6.61 Å². The summed E-state index contributed by atoms with van der Waals surface area (Å²) < 4.78 is 5.47. The molecule has 0 saturated heterocycles. The first-order chi connectivity index (χ1) is 10.4. The fraction of sp³-hybridized carbons (Fsp3) is 0.235. The average molecular weight is 338 g/mol. The first-order valence-corrected chi connectivity index (χ1v) is 7.58. The molecule has 0 heterocycles. The minimum Gasteiger partial charge on any atom is -0.482 e. The molecule has 2 aromatic carbocycles. The Morgan fingerprint density at radius 2 is 1.77 bits per heavy atom. The van der Waals surface area contributed by atoms with Gasteiger partial charge in [-0.1, -0.05) is 35.3 Å². The van der Waals surface area contributed by atoms with Crippen LogP contribution in [-0.2, 0) is 4.79 Å². The first-order valence-electron chi connectivity index (χ1n) is 6.82. The molecule has 0 aliphatic rings. The van der Waals surface area contributed by atoms with Gasteiger partial charge in [0.2, 0.25) is 0 Å². The lowest BCUT2D eigenvalue weighted by atomic mass is 10.1. The lowest BCUT2D eigenvalue weighted by Crippen LogP contribution is -2.21. The fourth-order valence-corrected chi connectivity index (χ4v) is 2.65. The molecule has 0 aliphatic carbocycles. The number of halogens is 2. The maximum Gasteiger partial charge on any atom is 0.262 e. The SMILES string of the molecule is Cc1cc(C)c(NC(=O)COc2cc(C)ccc2Cl)c(Cl)c1. The number of hydrogen-bond acceptors (Lipinski definition) is 2. The van der Waals surface area contributed by atoms with Crippen molar-refractivity contribution in [1.82, 2.24) is 0 Å². The van der Waals surface area contributed by atoms with Crippen LogP contribution in [0.1, 0.15) is 16.7 Å². The fourth-order valence-electron chi connectivity index (χ4n) is 2.11. The molecule has 3 nitrogen and oxygen atoms in total. The van der Waals surface area contributed by atoms with Crippen LogP contribution in [0.5, 0.6) is 5.75 Å². The zero-order valence-corrected chi connectivity index (χ0v) is 14.2. The number of rotatable bonds is 4. The van der Waals surface area contributed by atoms with Crippen LogP contribution in [0, 0.1) is 20.8 Å². The van der Waals surface area contributed by atoms with Crippen molar-refractivity contribution in [3.8, 4) is 5.75 Å². The number of nitrogens with one attached hydrogen (secondary N) is 1. The van der Waals surface area contributed by atoms with Crippen LogP contribution in [-0.4, -0.2) is 12.5 Å². The van der Waals surface area contributed by atoms with Crippen LogP contribution in [0.4, 0.5) is 5.69 Å². The minimum absolute atomic E-state index is 0.132. The molecule has 0 fully saturated rings. The molecule has 2 aromatic rings. The summed E-state index contributed by atoms with van der Waals surface area (Å²) >= 11 is 12.2. The van der Waals surface area contributed by atoms with E-state index in [1.165, 1.54) is 0 Å². The Hall–Kier alpha value is -1.71. The van der Waals surface area contributed by atoms with Crippen molar-refractivity contribution < 1.29 is 9.53 Å². The van der Waals surface area contributed by atoms with E-state index in [0.717, 1.165) is 16.7 Å². The molecular formula is C17H17Cl2NO2. The van der Waals surface area contributed by atoms with E-state index in [9.17, 15) is 4.79 Å². The number of ether oxygens (including phenoxy) is 1. The van der Waals surface area contributed by atoms with Crippen molar-refractivity contribution in [2.75, 3.05) is 11.9 Å². The zero-order valence-electron chi connectivity index (χ0n) is 12.7. The highest BCUT2D eigenvalue weighted by Gasteiger charge is 2.11. The summed E-state index contributed by atoms with van der Waals surface area (Å²) in [7, 11) is 0. The van der Waals surface area contributed by atoms with Crippen molar-refractivity contribution in [2.45, 2.75) is 20.8 Å². The summed E-state index contributed by atoms with van der Waals surface area (Å²) in [6, 6.07) is 9.18. The maximum absolute atomic E-state index is 12.0. The third-order valence-corrected chi connectivity index (χ3v) is 3.75. The summed E-state index contributed by atoms with van der Waals surface area (Å²) in [6.07, 6.45) is 0. The molecule has 0 radical (unpaired) electrons. The molecule has 0 aliphatic heterocycles. The van der Waals surface area contributed by atoms with Crippen molar-refractivity contribution in [2.24, 2.45) is 0 Å². The van der Waals surface area contributed by atoms with Crippen molar-refractivity contribution >= 4 is 34.8 Å². The van der Waals surface area contributed by atoms with E-state index >= 15 is 0 Å². The van der Waals surface area contributed by atoms with Crippen molar-refractivity contribution in [3.05, 3.63) is 57.1 Å². The van der Waals surface area contributed by atoms with E-state index in [1.807, 2.05) is 39.0 Å². The zero-order chi connectivity index (χ0) is 16.3. The number of hydrogen-bond donors (Lipinski definition) is 1. The molecule has 0 aromatic heterocycles. The molecule has 0 saturated carbocycles. The molecular weight excluding hydrogens is 321 g/mol. The quantitative estimate of drug-likeness (QED) is 0.858. The maximum atomic E-state index is 12.0. The van der Waals surface area contributed by atoms with E-state index in [4.69, 9.17) is 27.9 Å². The van der Waals surface area contributed by atoms with Gasteiger partial charge in [0.25, 0.3) is 5.91 Å². The molecule has 22 heavy (non-hydrogen) atoms. The minimum atomic E-state index is -0.286. The second-order valence-electron chi connectivity index (χ2n) is 5.21. The molecule has 5 heteroatoms. The van der Waals surface area contributed by atoms with Crippen molar-refractivity contribution in [3.63, 3.8) is 0 Å². The van der Waals surface area contributed by atoms with Crippen LogP contribution < -0.4 is 10.1 Å². The molecule has 0 bridgehead atoms. The topological polar surface area (TPSA) is 38.3 Å². The lowest BCUT2D eigenvalue weighted by molar-refractivity contribution is -0.118. The van der Waals surface area contributed by atoms with Crippen molar-refractivity contribution in [1.29, 1.82) is 0 Å². The molecule has 0 atom stereocenters. The summed E-state index contributed by atoms with van der Waals surface area (Å²) in [5.74, 6) is 0.204. The van der Waals surface area contributed by atoms with E-state index in [1.54, 1.807) is 12.1 Å². The summed E-state index contributed by atoms with van der Waals surface area (Å²) in [4.78, 5) is 12.0. The second kappa shape index (κ2) is 7.03. The van der Waals surface area contributed by atoms with Gasteiger partial charge in [-0.15, -0.1) is 0 Å². The molecule has 1 N–H and O–H groups in total. The van der Waals surface area contributed by atoms with Gasteiger partial charge in [0, 0.05) is 0 Å². The predicted molar refractivity (Wildman–Crippen MR) is 91.2 cm³/mol. The molecule has 1 amide bonds. The summed E-state index contributed by atoms with van der Waals surface area (Å²) in [5.41, 5.74) is 3.57. The van der Waals surface area contributed by atoms with Gasteiger partial charge >= 0.3 is 0 Å². The van der Waals surface area contributed by atoms with Crippen LogP contribution in [0.2, 0.25) is 10.0 Å². The number of aryl methyl sites for hydroxylation is 3. The third kappa shape index (κ3) is 4.15. The summed E-state index contributed by atoms with van der Waals surface area (Å²) in [6.45, 7) is 5.64. The van der Waals surface area contributed by atoms with Gasteiger partial charge in [0.1, 0.15) is 5.75 Å². The monoisotopic (exact) mass is 337 g/mol. The van der Waals surface area contributed by atoms with Crippen LogP contribution in [0.25, 0.3) is 0 Å². The smallest absolute Gasteiger partial charge is 0.262 e. The Balaban J connectivity index is 2.03. The predicted octanol–water partition coefficient (Wildman–Crippen LogP) is 4.94. The van der Waals surface area contributed by atoms with Crippen LogP contribution in [0.3, 0.4) is 0 Å². The van der Waals surface area contributed by atoms with E-state index in [0.29, 0.717) is 21.5 Å². The molecule has 116 valence electrons. The highest BCUT2D eigenvalue weighted by molar-refractivity contribution is 6.34. The van der Waals surface area contributed by atoms with E-state index in [-0.39, 0.29) is 12.5 Å². The molecule has 0 spiro atoms. The van der Waals surface area contributed by atoms with Gasteiger partial charge in [-0.2, -0.15) is 0 Å². The number of carbonyl (C=O) groups excluding carboxylic acids is 1. The highest BCUT2D eigenvalue weighted by Crippen LogP contribution is 2.28. The normalized spacial score (nSPS) is 10.4. The second-order valence-corrected chi connectivity index (χ2v) is 6.02. The third-order valence-electron chi connectivity index (χ3n) is 3.14. The number of anilines is 1. The first kappa shape index (κ1) is 16.7.